The summed E-state index contributed by atoms with van der Waals surface area (Å²) in [6, 6.07) is 3.05. The maximum Gasteiger partial charge on any atom is 0.288 e. The van der Waals surface area contributed by atoms with Crippen molar-refractivity contribution in [1.82, 2.24) is 15.0 Å². The molecule has 9 heteroatoms. The Balaban J connectivity index is 1.90. The maximum atomic E-state index is 11.7. The number of anilines is 1. The standard InChI is InChI=1S/C15H16N6O3/c16-14(22)12-6-11(21(23)24)7-18-15(12)20-5-1-2-10(8-20)13-3-4-17-9-19-13/h3-4,6-7,9-10H,1-2,5,8H2,(H2,16,22). The third kappa shape index (κ3) is 3.14. The van der Waals surface area contributed by atoms with Crippen molar-refractivity contribution in [3.63, 3.8) is 0 Å². The highest BCUT2D eigenvalue weighted by molar-refractivity contribution is 5.98. The number of aromatic nitrogens is 3. The summed E-state index contributed by atoms with van der Waals surface area (Å²) in [5.74, 6) is -0.170. The van der Waals surface area contributed by atoms with Crippen molar-refractivity contribution in [3.8, 4) is 0 Å². The first-order valence-electron chi connectivity index (χ1n) is 7.51. The molecular formula is C15H16N6O3. The lowest BCUT2D eigenvalue weighted by Gasteiger charge is -2.33. The molecule has 0 spiro atoms. The molecule has 1 atom stereocenters. The number of hydrogen-bond donors (Lipinski definition) is 1. The highest BCUT2D eigenvalue weighted by Crippen LogP contribution is 2.30. The fraction of sp³-hybridized carbons (Fsp3) is 0.333. The molecule has 1 saturated heterocycles. The van der Waals surface area contributed by atoms with Crippen LogP contribution in [0.3, 0.4) is 0 Å². The normalized spacial score (nSPS) is 17.5. The van der Waals surface area contributed by atoms with E-state index in [0.717, 1.165) is 24.7 Å². The Bertz CT molecular complexity index is 767. The lowest BCUT2D eigenvalue weighted by atomic mass is 9.94. The molecule has 1 fully saturated rings. The van der Waals surface area contributed by atoms with Crippen LogP contribution >= 0.6 is 0 Å². The second kappa shape index (κ2) is 6.57. The third-order valence-electron chi connectivity index (χ3n) is 4.07. The second-order valence-electron chi connectivity index (χ2n) is 5.61. The van der Waals surface area contributed by atoms with Crippen LogP contribution < -0.4 is 10.6 Å². The summed E-state index contributed by atoms with van der Waals surface area (Å²) in [6.07, 6.45) is 6.21. The van der Waals surface area contributed by atoms with Gasteiger partial charge in [0.1, 0.15) is 18.3 Å². The third-order valence-corrected chi connectivity index (χ3v) is 4.07. The van der Waals surface area contributed by atoms with Crippen molar-refractivity contribution in [2.45, 2.75) is 18.8 Å². The van der Waals surface area contributed by atoms with Crippen molar-refractivity contribution < 1.29 is 9.72 Å². The molecule has 0 aliphatic carbocycles. The number of piperidine rings is 1. The smallest absolute Gasteiger partial charge is 0.288 e. The van der Waals surface area contributed by atoms with E-state index in [1.165, 1.54) is 12.4 Å². The van der Waals surface area contributed by atoms with Crippen molar-refractivity contribution in [2.75, 3.05) is 18.0 Å². The molecule has 1 unspecified atom stereocenters. The Morgan fingerprint density at radius 3 is 2.92 bits per heavy atom. The quantitative estimate of drug-likeness (QED) is 0.661. The van der Waals surface area contributed by atoms with Crippen LogP contribution in [0, 0.1) is 10.1 Å². The first-order chi connectivity index (χ1) is 11.6. The van der Waals surface area contributed by atoms with Crippen molar-refractivity contribution in [3.05, 3.63) is 52.2 Å². The molecule has 1 amide bonds. The van der Waals surface area contributed by atoms with Gasteiger partial charge in [-0.25, -0.2) is 15.0 Å². The van der Waals surface area contributed by atoms with Crippen LogP contribution in [0.2, 0.25) is 0 Å². The van der Waals surface area contributed by atoms with E-state index in [4.69, 9.17) is 5.73 Å². The zero-order valence-electron chi connectivity index (χ0n) is 12.8. The molecule has 2 aromatic rings. The fourth-order valence-corrected chi connectivity index (χ4v) is 2.93. The lowest BCUT2D eigenvalue weighted by molar-refractivity contribution is -0.385. The molecular weight excluding hydrogens is 312 g/mol. The molecule has 9 nitrogen and oxygen atoms in total. The van der Waals surface area contributed by atoms with Crippen molar-refractivity contribution in [1.29, 1.82) is 0 Å². The van der Waals surface area contributed by atoms with Gasteiger partial charge in [0.2, 0.25) is 0 Å². The molecule has 0 saturated carbocycles. The molecule has 0 bridgehead atoms. The van der Waals surface area contributed by atoms with Crippen LogP contribution in [-0.4, -0.2) is 38.9 Å². The number of rotatable bonds is 4. The summed E-state index contributed by atoms with van der Waals surface area (Å²) in [6.45, 7) is 1.31. The number of carbonyl (C=O) groups is 1. The number of carbonyl (C=O) groups excluding carboxylic acids is 1. The molecule has 0 radical (unpaired) electrons. The lowest BCUT2D eigenvalue weighted by Crippen LogP contribution is -2.36. The van der Waals surface area contributed by atoms with Gasteiger partial charge in [-0.15, -0.1) is 0 Å². The summed E-state index contributed by atoms with van der Waals surface area (Å²) >= 11 is 0. The fourth-order valence-electron chi connectivity index (χ4n) is 2.93. The van der Waals surface area contributed by atoms with E-state index in [-0.39, 0.29) is 17.2 Å². The van der Waals surface area contributed by atoms with Gasteiger partial charge in [-0.3, -0.25) is 14.9 Å². The van der Waals surface area contributed by atoms with Crippen molar-refractivity contribution >= 4 is 17.4 Å². The molecule has 2 N–H and O–H groups in total. The number of nitrogens with zero attached hydrogens (tertiary/aromatic N) is 5. The van der Waals surface area contributed by atoms with E-state index >= 15 is 0 Å². The van der Waals surface area contributed by atoms with Crippen molar-refractivity contribution in [2.24, 2.45) is 5.73 Å². The van der Waals surface area contributed by atoms with Crippen LogP contribution in [0.25, 0.3) is 0 Å². The van der Waals surface area contributed by atoms with Crippen LogP contribution in [0.5, 0.6) is 0 Å². The Morgan fingerprint density at radius 1 is 1.42 bits per heavy atom. The van der Waals surface area contributed by atoms with Gasteiger partial charge in [-0.1, -0.05) is 0 Å². The van der Waals surface area contributed by atoms with Gasteiger partial charge < -0.3 is 10.6 Å². The number of hydrogen-bond acceptors (Lipinski definition) is 7. The summed E-state index contributed by atoms with van der Waals surface area (Å²) in [4.78, 5) is 36.3. The van der Waals surface area contributed by atoms with Gasteiger partial charge in [0.15, 0.2) is 0 Å². The topological polar surface area (TPSA) is 128 Å². The number of primary amides is 1. The zero-order chi connectivity index (χ0) is 17.1. The van der Waals surface area contributed by atoms with Crippen LogP contribution in [0.1, 0.15) is 34.8 Å². The highest BCUT2D eigenvalue weighted by Gasteiger charge is 2.27. The molecule has 124 valence electrons. The Labute approximate surface area is 137 Å². The van der Waals surface area contributed by atoms with E-state index in [1.807, 2.05) is 11.0 Å². The molecule has 2 aromatic heterocycles. The van der Waals surface area contributed by atoms with Crippen LogP contribution in [0.4, 0.5) is 11.5 Å². The van der Waals surface area contributed by atoms with Gasteiger partial charge >= 0.3 is 0 Å². The molecule has 0 aromatic carbocycles. The summed E-state index contributed by atoms with van der Waals surface area (Å²) in [7, 11) is 0. The highest BCUT2D eigenvalue weighted by atomic mass is 16.6. The summed E-state index contributed by atoms with van der Waals surface area (Å²) < 4.78 is 0. The number of nitro groups is 1. The predicted octanol–water partition coefficient (Wildman–Crippen LogP) is 1.26. The molecule has 24 heavy (non-hydrogen) atoms. The van der Waals surface area contributed by atoms with Gasteiger partial charge in [0.25, 0.3) is 11.6 Å². The molecule has 3 heterocycles. The summed E-state index contributed by atoms with van der Waals surface area (Å²) in [5, 5.41) is 10.9. The van der Waals surface area contributed by atoms with E-state index in [1.54, 1.807) is 6.20 Å². The predicted molar refractivity (Wildman–Crippen MR) is 85.6 cm³/mol. The Morgan fingerprint density at radius 2 is 2.25 bits per heavy atom. The largest absolute Gasteiger partial charge is 0.365 e. The van der Waals surface area contributed by atoms with Crippen LogP contribution in [-0.2, 0) is 0 Å². The maximum absolute atomic E-state index is 11.7. The van der Waals surface area contributed by atoms with E-state index in [0.29, 0.717) is 18.9 Å². The second-order valence-corrected chi connectivity index (χ2v) is 5.61. The average molecular weight is 328 g/mol. The van der Waals surface area contributed by atoms with Gasteiger partial charge in [-0.2, -0.15) is 0 Å². The van der Waals surface area contributed by atoms with Gasteiger partial charge in [-0.05, 0) is 18.9 Å². The Hall–Kier alpha value is -3.10. The average Bonchev–Trinajstić information content (AvgIpc) is 2.62. The zero-order valence-corrected chi connectivity index (χ0v) is 12.8. The van der Waals surface area contributed by atoms with Gasteiger partial charge in [0, 0.05) is 37.0 Å². The first-order valence-corrected chi connectivity index (χ1v) is 7.51. The minimum absolute atomic E-state index is 0.0625. The Kier molecular flexibility index (Phi) is 4.32. The van der Waals surface area contributed by atoms with E-state index in [2.05, 4.69) is 15.0 Å². The number of nitrogens with two attached hydrogens (primary N) is 1. The summed E-state index contributed by atoms with van der Waals surface area (Å²) in [5.41, 5.74) is 6.12. The number of amides is 1. The van der Waals surface area contributed by atoms with E-state index < -0.39 is 10.8 Å². The minimum atomic E-state index is -0.731. The minimum Gasteiger partial charge on any atom is -0.365 e. The molecule has 1 aliphatic heterocycles. The first kappa shape index (κ1) is 15.8. The van der Waals surface area contributed by atoms with E-state index in [9.17, 15) is 14.9 Å². The number of pyridine rings is 1. The SMILES string of the molecule is NC(=O)c1cc([N+](=O)[O-])cnc1N1CCCC(c2ccncn2)C1. The monoisotopic (exact) mass is 328 g/mol. The molecule has 1 aliphatic rings. The van der Waals surface area contributed by atoms with Gasteiger partial charge in [0.05, 0.1) is 10.5 Å². The van der Waals surface area contributed by atoms with Crippen LogP contribution in [0.15, 0.2) is 30.9 Å². The molecule has 3 rings (SSSR count).